The molecule has 0 heterocycles. The van der Waals surface area contributed by atoms with Crippen LogP contribution in [0.3, 0.4) is 0 Å². The van der Waals surface area contributed by atoms with E-state index in [1.165, 1.54) is 0 Å². The number of carbonyl (C=O) groups excluding carboxylic acids is 1. The summed E-state index contributed by atoms with van der Waals surface area (Å²) >= 11 is 11.9. The molecule has 0 amide bonds. The van der Waals surface area contributed by atoms with Crippen molar-refractivity contribution in [2.45, 2.75) is 26.2 Å². The largest absolute Gasteiger partial charge is 0.298 e. The van der Waals surface area contributed by atoms with Gasteiger partial charge in [-0.05, 0) is 29.5 Å². The number of hydrogen-bond acceptors (Lipinski definition) is 2. The monoisotopic (exact) mass is 281 g/mol. The van der Waals surface area contributed by atoms with Gasteiger partial charge in [-0.15, -0.1) is 0 Å². The van der Waals surface area contributed by atoms with Crippen LogP contribution in [0.2, 0.25) is 10.0 Å². The van der Waals surface area contributed by atoms with Crippen molar-refractivity contribution in [3.05, 3.63) is 33.8 Å². The van der Waals surface area contributed by atoms with Crippen LogP contribution in [-0.2, 0) is 4.79 Å². The first-order valence-electron chi connectivity index (χ1n) is 5.75. The SMILES string of the molecule is CC1(C)CC1C(=O)C(C#N)c1ccc(Cl)cc1Cl. The van der Waals surface area contributed by atoms with Crippen LogP contribution in [0.15, 0.2) is 18.2 Å². The van der Waals surface area contributed by atoms with Gasteiger partial charge in [0.25, 0.3) is 0 Å². The number of nitrogens with zero attached hydrogens (tertiary/aromatic N) is 1. The number of rotatable bonds is 3. The first kappa shape index (κ1) is 13.4. The van der Waals surface area contributed by atoms with Gasteiger partial charge >= 0.3 is 0 Å². The Morgan fingerprint density at radius 3 is 2.56 bits per heavy atom. The molecule has 1 aliphatic rings. The fourth-order valence-corrected chi connectivity index (χ4v) is 2.69. The number of carbonyl (C=O) groups is 1. The standard InChI is InChI=1S/C14H13Cl2NO/c1-14(2)6-11(14)13(18)10(7-17)9-4-3-8(15)5-12(9)16/h3-5,10-11H,6H2,1-2H3. The predicted molar refractivity (Wildman–Crippen MR) is 71.7 cm³/mol. The molecule has 4 heteroatoms. The zero-order chi connectivity index (χ0) is 13.5. The minimum atomic E-state index is -0.790. The van der Waals surface area contributed by atoms with Crippen molar-refractivity contribution in [1.82, 2.24) is 0 Å². The van der Waals surface area contributed by atoms with Crippen LogP contribution < -0.4 is 0 Å². The van der Waals surface area contributed by atoms with Crippen molar-refractivity contribution in [3.63, 3.8) is 0 Å². The Morgan fingerprint density at radius 2 is 2.11 bits per heavy atom. The van der Waals surface area contributed by atoms with Crippen LogP contribution in [0.5, 0.6) is 0 Å². The van der Waals surface area contributed by atoms with Gasteiger partial charge in [-0.25, -0.2) is 0 Å². The zero-order valence-electron chi connectivity index (χ0n) is 10.2. The quantitative estimate of drug-likeness (QED) is 0.833. The lowest BCUT2D eigenvalue weighted by Crippen LogP contribution is -2.16. The van der Waals surface area contributed by atoms with Crippen LogP contribution in [-0.4, -0.2) is 5.78 Å². The molecule has 0 bridgehead atoms. The molecule has 1 saturated carbocycles. The van der Waals surface area contributed by atoms with Crippen LogP contribution in [0.1, 0.15) is 31.7 Å². The van der Waals surface area contributed by atoms with Crippen molar-refractivity contribution in [1.29, 1.82) is 5.26 Å². The second-order valence-corrected chi connectivity index (χ2v) is 6.22. The van der Waals surface area contributed by atoms with Crippen molar-refractivity contribution < 1.29 is 4.79 Å². The highest BCUT2D eigenvalue weighted by Gasteiger charge is 2.52. The number of benzene rings is 1. The third-order valence-electron chi connectivity index (χ3n) is 3.54. The van der Waals surface area contributed by atoms with Crippen molar-refractivity contribution in [3.8, 4) is 6.07 Å². The Labute approximate surface area is 117 Å². The molecule has 0 aliphatic heterocycles. The average Bonchev–Trinajstić information content (AvgIpc) is 2.91. The molecule has 0 aromatic heterocycles. The molecular weight excluding hydrogens is 269 g/mol. The fraction of sp³-hybridized carbons (Fsp3) is 0.429. The van der Waals surface area contributed by atoms with E-state index in [1.807, 2.05) is 13.8 Å². The molecule has 0 N–H and O–H groups in total. The molecule has 1 aliphatic carbocycles. The minimum absolute atomic E-state index is 0.0189. The summed E-state index contributed by atoms with van der Waals surface area (Å²) in [4.78, 5) is 12.3. The van der Waals surface area contributed by atoms with Crippen LogP contribution in [0, 0.1) is 22.7 Å². The van der Waals surface area contributed by atoms with Gasteiger partial charge in [0.15, 0.2) is 5.78 Å². The maximum Gasteiger partial charge on any atom is 0.158 e. The van der Waals surface area contributed by atoms with E-state index in [0.717, 1.165) is 6.42 Å². The van der Waals surface area contributed by atoms with E-state index in [0.29, 0.717) is 15.6 Å². The molecule has 18 heavy (non-hydrogen) atoms. The summed E-state index contributed by atoms with van der Waals surface area (Å²) in [6, 6.07) is 6.93. The van der Waals surface area contributed by atoms with Crippen molar-refractivity contribution in [2.24, 2.45) is 11.3 Å². The number of nitriles is 1. The maximum absolute atomic E-state index is 12.3. The van der Waals surface area contributed by atoms with Crippen LogP contribution in [0.25, 0.3) is 0 Å². The van der Waals surface area contributed by atoms with Gasteiger partial charge < -0.3 is 0 Å². The van der Waals surface area contributed by atoms with E-state index in [2.05, 4.69) is 6.07 Å². The summed E-state index contributed by atoms with van der Waals surface area (Å²) in [5.74, 6) is -0.859. The highest BCUT2D eigenvalue weighted by molar-refractivity contribution is 6.35. The summed E-state index contributed by atoms with van der Waals surface area (Å²) in [6.45, 7) is 4.07. The van der Waals surface area contributed by atoms with E-state index in [4.69, 9.17) is 23.2 Å². The Balaban J connectivity index is 2.30. The number of hydrogen-bond donors (Lipinski definition) is 0. The summed E-state index contributed by atoms with van der Waals surface area (Å²) in [5.41, 5.74) is 0.571. The Morgan fingerprint density at radius 1 is 1.50 bits per heavy atom. The zero-order valence-corrected chi connectivity index (χ0v) is 11.7. The van der Waals surface area contributed by atoms with E-state index in [9.17, 15) is 10.1 Å². The van der Waals surface area contributed by atoms with Crippen LogP contribution >= 0.6 is 23.2 Å². The summed E-state index contributed by atoms with van der Waals surface area (Å²) in [6.07, 6.45) is 0.842. The van der Waals surface area contributed by atoms with Gasteiger partial charge in [-0.3, -0.25) is 4.79 Å². The molecule has 0 spiro atoms. The molecule has 2 unspecified atom stereocenters. The molecule has 94 valence electrons. The molecule has 1 aromatic rings. The summed E-state index contributed by atoms with van der Waals surface area (Å²) < 4.78 is 0. The molecule has 2 atom stereocenters. The second-order valence-electron chi connectivity index (χ2n) is 5.38. The van der Waals surface area contributed by atoms with Gasteiger partial charge in [-0.2, -0.15) is 5.26 Å². The highest BCUT2D eigenvalue weighted by Crippen LogP contribution is 2.54. The molecular formula is C14H13Cl2NO. The molecule has 0 radical (unpaired) electrons. The Bertz CT molecular complexity index is 545. The van der Waals surface area contributed by atoms with E-state index in [-0.39, 0.29) is 17.1 Å². The summed E-state index contributed by atoms with van der Waals surface area (Å²) in [5, 5.41) is 10.1. The first-order chi connectivity index (χ1) is 8.36. The number of Topliss-reactive ketones (excluding diaryl/α,β-unsaturated/α-hetero) is 1. The summed E-state index contributed by atoms with van der Waals surface area (Å²) in [7, 11) is 0. The van der Waals surface area contributed by atoms with E-state index >= 15 is 0 Å². The van der Waals surface area contributed by atoms with E-state index < -0.39 is 5.92 Å². The highest BCUT2D eigenvalue weighted by atomic mass is 35.5. The van der Waals surface area contributed by atoms with Gasteiger partial charge in [0.2, 0.25) is 0 Å². The first-order valence-corrected chi connectivity index (χ1v) is 6.50. The van der Waals surface area contributed by atoms with Gasteiger partial charge in [-0.1, -0.05) is 43.1 Å². The molecule has 0 saturated heterocycles. The lowest BCUT2D eigenvalue weighted by atomic mass is 9.91. The van der Waals surface area contributed by atoms with Gasteiger partial charge in [0.05, 0.1) is 6.07 Å². The van der Waals surface area contributed by atoms with Gasteiger partial charge in [0.1, 0.15) is 5.92 Å². The number of halogens is 2. The third-order valence-corrected chi connectivity index (χ3v) is 4.11. The molecule has 1 fully saturated rings. The minimum Gasteiger partial charge on any atom is -0.298 e. The normalized spacial score (nSPS) is 22.1. The predicted octanol–water partition coefficient (Wildman–Crippen LogP) is 4.22. The Kier molecular flexibility index (Phi) is 3.40. The van der Waals surface area contributed by atoms with Crippen molar-refractivity contribution in [2.75, 3.05) is 0 Å². The second kappa shape index (κ2) is 4.57. The third kappa shape index (κ3) is 2.39. The topological polar surface area (TPSA) is 40.9 Å². The Hall–Kier alpha value is -1.04. The fourth-order valence-electron chi connectivity index (χ4n) is 2.18. The molecule has 2 nitrogen and oxygen atoms in total. The van der Waals surface area contributed by atoms with E-state index in [1.54, 1.807) is 18.2 Å². The molecule has 1 aromatic carbocycles. The van der Waals surface area contributed by atoms with Gasteiger partial charge in [0, 0.05) is 16.0 Å². The maximum atomic E-state index is 12.3. The lowest BCUT2D eigenvalue weighted by Gasteiger charge is -2.11. The average molecular weight is 282 g/mol. The lowest BCUT2D eigenvalue weighted by molar-refractivity contribution is -0.121. The van der Waals surface area contributed by atoms with Crippen LogP contribution in [0.4, 0.5) is 0 Å². The van der Waals surface area contributed by atoms with Crippen molar-refractivity contribution >= 4 is 29.0 Å². The molecule has 2 rings (SSSR count). The smallest absolute Gasteiger partial charge is 0.158 e. The number of ketones is 1.